The number of rotatable bonds is 7. The van der Waals surface area contributed by atoms with E-state index >= 15 is 0 Å². The lowest BCUT2D eigenvalue weighted by molar-refractivity contribution is -0.141. The van der Waals surface area contributed by atoms with Crippen LogP contribution in [0, 0.1) is 5.92 Å². The number of aliphatic carboxylic acids is 1. The molecule has 0 aliphatic carbocycles. The topological polar surface area (TPSA) is 37.3 Å². The van der Waals surface area contributed by atoms with Gasteiger partial charge in [0.15, 0.2) is 0 Å². The van der Waals surface area contributed by atoms with Gasteiger partial charge in [-0.3, -0.25) is 4.79 Å². The van der Waals surface area contributed by atoms with Crippen molar-refractivity contribution in [1.82, 2.24) is 0 Å². The second kappa shape index (κ2) is 8.14. The lowest BCUT2D eigenvalue weighted by Gasteiger charge is -2.04. The van der Waals surface area contributed by atoms with E-state index in [2.05, 4.69) is 32.9 Å². The molecule has 1 N–H and O–H groups in total. The van der Waals surface area contributed by atoms with E-state index < -0.39 is 5.97 Å². The van der Waals surface area contributed by atoms with E-state index in [1.54, 1.807) is 6.92 Å². The average molecular weight is 224 g/mol. The van der Waals surface area contributed by atoms with E-state index in [0.717, 1.165) is 25.7 Å². The van der Waals surface area contributed by atoms with Gasteiger partial charge in [-0.2, -0.15) is 0 Å². The van der Waals surface area contributed by atoms with Crippen LogP contribution in [-0.2, 0) is 4.79 Å². The van der Waals surface area contributed by atoms with Crippen LogP contribution in [0.2, 0.25) is 0 Å². The molecular weight excluding hydrogens is 200 g/mol. The van der Waals surface area contributed by atoms with Crippen molar-refractivity contribution in [1.29, 1.82) is 0 Å². The number of allylic oxidation sites excluding steroid dienone is 4. The molecule has 0 radical (unpaired) electrons. The van der Waals surface area contributed by atoms with Crippen molar-refractivity contribution in [3.63, 3.8) is 0 Å². The first-order valence-corrected chi connectivity index (χ1v) is 5.95. The van der Waals surface area contributed by atoms with E-state index in [1.807, 2.05) is 0 Å². The predicted molar refractivity (Wildman–Crippen MR) is 68.5 cm³/mol. The summed E-state index contributed by atoms with van der Waals surface area (Å²) in [6.07, 6.45) is 8.16. The molecule has 0 rings (SSSR count). The summed E-state index contributed by atoms with van der Waals surface area (Å²) in [7, 11) is 0. The van der Waals surface area contributed by atoms with Crippen molar-refractivity contribution in [2.75, 3.05) is 0 Å². The zero-order valence-electron chi connectivity index (χ0n) is 10.9. The van der Waals surface area contributed by atoms with E-state index in [1.165, 1.54) is 11.1 Å². The Labute approximate surface area is 99.1 Å². The van der Waals surface area contributed by atoms with E-state index in [9.17, 15) is 4.79 Å². The Morgan fingerprint density at radius 1 is 1.19 bits per heavy atom. The third kappa shape index (κ3) is 8.27. The Hall–Kier alpha value is -1.05. The molecule has 0 bridgehead atoms. The minimum absolute atomic E-state index is 0.234. The largest absolute Gasteiger partial charge is 0.481 e. The fourth-order valence-corrected chi connectivity index (χ4v) is 1.39. The summed E-state index contributed by atoms with van der Waals surface area (Å²) in [4.78, 5) is 10.6. The quantitative estimate of drug-likeness (QED) is 0.659. The highest BCUT2D eigenvalue weighted by molar-refractivity contribution is 5.69. The second-order valence-electron chi connectivity index (χ2n) is 4.69. The molecule has 2 nitrogen and oxygen atoms in total. The number of carbonyl (C=O) groups is 1. The summed E-state index contributed by atoms with van der Waals surface area (Å²) in [6, 6.07) is 0. The monoisotopic (exact) mass is 224 g/mol. The molecule has 92 valence electrons. The Kier molecular flexibility index (Phi) is 7.61. The van der Waals surface area contributed by atoms with Crippen LogP contribution in [0.25, 0.3) is 0 Å². The predicted octanol–water partition coefficient (Wildman–Crippen LogP) is 4.18. The molecule has 2 heteroatoms. The highest BCUT2D eigenvalue weighted by Gasteiger charge is 2.08. The highest BCUT2D eigenvalue weighted by Crippen LogP contribution is 2.11. The molecule has 0 aromatic heterocycles. The van der Waals surface area contributed by atoms with Gasteiger partial charge in [-0.15, -0.1) is 0 Å². The molecule has 16 heavy (non-hydrogen) atoms. The van der Waals surface area contributed by atoms with E-state index in [4.69, 9.17) is 5.11 Å². The molecule has 0 heterocycles. The molecule has 1 unspecified atom stereocenters. The van der Waals surface area contributed by atoms with Crippen molar-refractivity contribution in [3.8, 4) is 0 Å². The second-order valence-corrected chi connectivity index (χ2v) is 4.69. The third-order valence-corrected chi connectivity index (χ3v) is 2.61. The molecule has 0 amide bonds. The summed E-state index contributed by atoms with van der Waals surface area (Å²) < 4.78 is 0. The Morgan fingerprint density at radius 2 is 1.81 bits per heavy atom. The van der Waals surface area contributed by atoms with Crippen LogP contribution in [0.5, 0.6) is 0 Å². The zero-order chi connectivity index (χ0) is 12.6. The van der Waals surface area contributed by atoms with Gasteiger partial charge in [-0.05, 0) is 46.5 Å². The number of carboxylic acids is 1. The summed E-state index contributed by atoms with van der Waals surface area (Å²) in [5.41, 5.74) is 2.71. The van der Waals surface area contributed by atoms with Crippen LogP contribution >= 0.6 is 0 Å². The van der Waals surface area contributed by atoms with Crippen molar-refractivity contribution in [2.45, 2.75) is 53.4 Å². The lowest BCUT2D eigenvalue weighted by Crippen LogP contribution is -2.08. The maximum Gasteiger partial charge on any atom is 0.306 e. The first-order chi connectivity index (χ1) is 7.43. The standard InChI is InChI=1S/C14H24O2/c1-11(2)7-5-8-12(3)9-6-10-13(4)14(15)16/h7,9,13H,5-6,8,10H2,1-4H3,(H,15,16). The molecule has 0 aliphatic heterocycles. The highest BCUT2D eigenvalue weighted by atomic mass is 16.4. The SMILES string of the molecule is CC(C)=CCCC(C)=CCCC(C)C(=O)O. The van der Waals surface area contributed by atoms with Gasteiger partial charge in [0.1, 0.15) is 0 Å². The van der Waals surface area contributed by atoms with Crippen LogP contribution in [0.1, 0.15) is 53.4 Å². The molecule has 0 aromatic rings. The average Bonchev–Trinajstić information content (AvgIpc) is 2.16. The van der Waals surface area contributed by atoms with Gasteiger partial charge >= 0.3 is 5.97 Å². The van der Waals surface area contributed by atoms with Crippen LogP contribution in [0.3, 0.4) is 0 Å². The zero-order valence-corrected chi connectivity index (χ0v) is 10.9. The van der Waals surface area contributed by atoms with Crippen molar-refractivity contribution in [3.05, 3.63) is 23.3 Å². The van der Waals surface area contributed by atoms with Crippen LogP contribution in [0.4, 0.5) is 0 Å². The van der Waals surface area contributed by atoms with Gasteiger partial charge in [0.2, 0.25) is 0 Å². The van der Waals surface area contributed by atoms with Crippen molar-refractivity contribution >= 4 is 5.97 Å². The summed E-state index contributed by atoms with van der Waals surface area (Å²) in [6.45, 7) is 8.08. The van der Waals surface area contributed by atoms with Crippen LogP contribution < -0.4 is 0 Å². The minimum Gasteiger partial charge on any atom is -0.481 e. The van der Waals surface area contributed by atoms with E-state index in [-0.39, 0.29) is 5.92 Å². The van der Waals surface area contributed by atoms with Gasteiger partial charge in [0, 0.05) is 0 Å². The normalized spacial score (nSPS) is 13.4. The summed E-state index contributed by atoms with van der Waals surface area (Å²) in [5, 5.41) is 8.72. The van der Waals surface area contributed by atoms with Crippen LogP contribution in [-0.4, -0.2) is 11.1 Å². The lowest BCUT2D eigenvalue weighted by atomic mass is 10.0. The molecule has 0 saturated carbocycles. The molecule has 0 saturated heterocycles. The van der Waals surface area contributed by atoms with Gasteiger partial charge in [-0.1, -0.05) is 30.2 Å². The molecule has 0 aromatic carbocycles. The van der Waals surface area contributed by atoms with Gasteiger partial charge < -0.3 is 5.11 Å². The molecule has 1 atom stereocenters. The van der Waals surface area contributed by atoms with Crippen molar-refractivity contribution < 1.29 is 9.90 Å². The molecule has 0 fully saturated rings. The van der Waals surface area contributed by atoms with Gasteiger partial charge in [0.05, 0.1) is 5.92 Å². The third-order valence-electron chi connectivity index (χ3n) is 2.61. The maximum atomic E-state index is 10.6. The van der Waals surface area contributed by atoms with Crippen molar-refractivity contribution in [2.24, 2.45) is 5.92 Å². The first-order valence-electron chi connectivity index (χ1n) is 5.95. The number of carboxylic acid groups (broad SMARTS) is 1. The summed E-state index contributed by atoms with van der Waals surface area (Å²) >= 11 is 0. The fraction of sp³-hybridized carbons (Fsp3) is 0.643. The molecular formula is C14H24O2. The Balaban J connectivity index is 3.79. The molecule has 0 spiro atoms. The van der Waals surface area contributed by atoms with E-state index in [0.29, 0.717) is 0 Å². The maximum absolute atomic E-state index is 10.6. The molecule has 0 aliphatic rings. The smallest absolute Gasteiger partial charge is 0.306 e. The number of hydrogen-bond donors (Lipinski definition) is 1. The number of hydrogen-bond acceptors (Lipinski definition) is 1. The minimum atomic E-state index is -0.699. The Morgan fingerprint density at radius 3 is 2.31 bits per heavy atom. The van der Waals surface area contributed by atoms with Gasteiger partial charge in [-0.25, -0.2) is 0 Å². The fourth-order valence-electron chi connectivity index (χ4n) is 1.39. The Bertz CT molecular complexity index is 270. The summed E-state index contributed by atoms with van der Waals surface area (Å²) in [5.74, 6) is -0.933. The van der Waals surface area contributed by atoms with Crippen LogP contribution in [0.15, 0.2) is 23.3 Å². The first kappa shape index (κ1) is 14.9. The van der Waals surface area contributed by atoms with Gasteiger partial charge in [0.25, 0.3) is 0 Å².